The number of nitrogen functional groups attached to an aromatic ring is 1. The number of aromatic nitrogens is 6. The van der Waals surface area contributed by atoms with E-state index in [2.05, 4.69) is 19.9 Å². The zero-order chi connectivity index (χ0) is 29.7. The molecule has 5 heterocycles. The van der Waals surface area contributed by atoms with E-state index in [0.717, 1.165) is 10.6 Å². The van der Waals surface area contributed by atoms with Gasteiger partial charge in [0.25, 0.3) is 11.1 Å². The van der Waals surface area contributed by atoms with E-state index in [1.54, 1.807) is 0 Å². The van der Waals surface area contributed by atoms with E-state index in [1.165, 1.54) is 24.0 Å². The normalized spacial score (nSPS) is 28.3. The number of imidazole rings is 1. The van der Waals surface area contributed by atoms with Crippen LogP contribution < -0.4 is 22.5 Å². The summed E-state index contributed by atoms with van der Waals surface area (Å²) in [6.45, 7) is 0.833. The number of phosphoric ester groups is 2. The molecule has 1 unspecified atom stereocenters. The number of ether oxygens (including phenoxy) is 2. The van der Waals surface area contributed by atoms with Gasteiger partial charge >= 0.3 is 21.3 Å². The van der Waals surface area contributed by atoms with E-state index in [1.807, 2.05) is 0 Å². The minimum Gasteiger partial charge on any atom is -0.369 e. The average Bonchev–Trinajstić information content (AvgIpc) is 3.54. The van der Waals surface area contributed by atoms with Crippen molar-refractivity contribution in [3.63, 3.8) is 0 Å². The number of aromatic amines is 2. The first-order chi connectivity index (χ1) is 19.2. The van der Waals surface area contributed by atoms with Crippen molar-refractivity contribution in [3.05, 3.63) is 49.8 Å². The van der Waals surface area contributed by atoms with Crippen molar-refractivity contribution in [2.45, 2.75) is 56.6 Å². The third kappa shape index (κ3) is 6.57. The highest BCUT2D eigenvalue weighted by atomic mass is 31.2. The summed E-state index contributed by atoms with van der Waals surface area (Å²) in [7, 11) is -9.87. The van der Waals surface area contributed by atoms with Gasteiger partial charge in [0.05, 0.1) is 25.1 Å². The molecule has 3 aromatic heterocycles. The van der Waals surface area contributed by atoms with Crippen LogP contribution in [-0.2, 0) is 32.2 Å². The molecule has 0 saturated carbocycles. The number of hydrogen-bond donors (Lipinski definition) is 6. The monoisotopic (exact) mass is 621 g/mol. The first-order valence-electron chi connectivity index (χ1n) is 11.9. The summed E-state index contributed by atoms with van der Waals surface area (Å²) in [6, 6.07) is 1.12. The van der Waals surface area contributed by atoms with E-state index in [-0.39, 0.29) is 30.0 Å². The summed E-state index contributed by atoms with van der Waals surface area (Å²) in [6.07, 6.45) is -4.15. The molecule has 0 amide bonds. The van der Waals surface area contributed by atoms with Crippen LogP contribution in [0.2, 0.25) is 0 Å². The Morgan fingerprint density at radius 3 is 2.49 bits per heavy atom. The molecular weight excluding hydrogens is 596 g/mol. The number of nitrogens with zero attached hydrogens (tertiary/aromatic N) is 4. The highest BCUT2D eigenvalue weighted by Gasteiger charge is 2.44. The lowest BCUT2D eigenvalue weighted by Gasteiger charge is -2.22. The van der Waals surface area contributed by atoms with E-state index in [9.17, 15) is 38.2 Å². The maximum Gasteiger partial charge on any atom is 0.472 e. The lowest BCUT2D eigenvalue weighted by molar-refractivity contribution is -0.0473. The van der Waals surface area contributed by atoms with Gasteiger partial charge in [-0.25, -0.2) is 18.9 Å². The van der Waals surface area contributed by atoms with Gasteiger partial charge in [0, 0.05) is 25.1 Å². The fourth-order valence-electron chi connectivity index (χ4n) is 4.57. The van der Waals surface area contributed by atoms with Crippen molar-refractivity contribution in [2.75, 3.05) is 12.3 Å². The minimum atomic E-state index is -5.04. The standard InChI is InChI=1S/C19H25N7O13P2/c1-8-9(4-13(36-8)25-3-2-12(27)22-19(25)29)39-41(33,34)35-6-11-10(38-40(30,31)32)5-14(37-11)26-7-21-15-16(26)23-18(20)24-17(15)28/h2-3,7-11,13-14H,4-6H2,1H3,(H,33,34)(H,22,27,29)(H2,30,31,32)(H3,20,23,24,28)/t8-,9+,10+,11-,13-,14-/m1/s1. The SMILES string of the molecule is C[C@H]1O[C@@H](n2ccc(=O)[nH]c2=O)C[C@@H]1OP(=O)(O)OC[C@H]1O[C@@H](n2cnc3c(=O)[nH]c(N)nc32)C[C@@H]1OP(=O)(O)O. The molecule has 7 N–H and O–H groups in total. The van der Waals surface area contributed by atoms with Crippen LogP contribution in [0.1, 0.15) is 32.2 Å². The van der Waals surface area contributed by atoms with Crippen LogP contribution in [0.5, 0.6) is 0 Å². The number of fused-ring (bicyclic) bond motifs is 1. The predicted octanol–water partition coefficient (Wildman–Crippen LogP) is -1.17. The van der Waals surface area contributed by atoms with E-state index < -0.39 is 75.9 Å². The molecule has 41 heavy (non-hydrogen) atoms. The molecule has 2 saturated heterocycles. The van der Waals surface area contributed by atoms with Gasteiger partial charge in [-0.2, -0.15) is 4.98 Å². The highest BCUT2D eigenvalue weighted by molar-refractivity contribution is 7.47. The van der Waals surface area contributed by atoms with Gasteiger partial charge in [-0.1, -0.05) is 0 Å². The molecule has 22 heteroatoms. The number of rotatable bonds is 9. The maximum absolute atomic E-state index is 12.8. The van der Waals surface area contributed by atoms with Gasteiger partial charge in [-0.3, -0.25) is 42.3 Å². The summed E-state index contributed by atoms with van der Waals surface area (Å²) in [5, 5.41) is 0. The van der Waals surface area contributed by atoms with Crippen molar-refractivity contribution in [2.24, 2.45) is 0 Å². The quantitative estimate of drug-likeness (QED) is 0.153. The molecular formula is C19H25N7O13P2. The second-order valence-electron chi connectivity index (χ2n) is 9.23. The lowest BCUT2D eigenvalue weighted by Crippen LogP contribution is -2.31. The molecule has 0 aromatic carbocycles. The van der Waals surface area contributed by atoms with Crippen LogP contribution >= 0.6 is 15.6 Å². The molecule has 0 radical (unpaired) electrons. The smallest absolute Gasteiger partial charge is 0.369 e. The largest absolute Gasteiger partial charge is 0.472 e. The van der Waals surface area contributed by atoms with Crippen LogP contribution in [0.25, 0.3) is 11.2 Å². The Hall–Kier alpha value is -3.03. The lowest BCUT2D eigenvalue weighted by atomic mass is 10.2. The van der Waals surface area contributed by atoms with Gasteiger partial charge in [-0.05, 0) is 6.92 Å². The molecule has 2 aliphatic rings. The Morgan fingerprint density at radius 2 is 1.78 bits per heavy atom. The van der Waals surface area contributed by atoms with Crippen molar-refractivity contribution in [3.8, 4) is 0 Å². The molecule has 224 valence electrons. The van der Waals surface area contributed by atoms with Gasteiger partial charge in [0.2, 0.25) is 5.95 Å². The van der Waals surface area contributed by atoms with Crippen molar-refractivity contribution in [1.82, 2.24) is 29.1 Å². The molecule has 2 fully saturated rings. The maximum atomic E-state index is 12.8. The highest BCUT2D eigenvalue weighted by Crippen LogP contribution is 2.50. The first kappa shape index (κ1) is 29.5. The third-order valence-corrected chi connectivity index (χ3v) is 7.93. The van der Waals surface area contributed by atoms with Crippen LogP contribution in [0.4, 0.5) is 5.95 Å². The number of phosphoric acid groups is 2. The van der Waals surface area contributed by atoms with Crippen LogP contribution in [0, 0.1) is 0 Å². The van der Waals surface area contributed by atoms with Crippen LogP contribution in [-0.4, -0.2) is 74.8 Å². The number of nitrogens with one attached hydrogen (secondary N) is 2. The fraction of sp³-hybridized carbons (Fsp3) is 0.526. The minimum absolute atomic E-state index is 0.0234. The van der Waals surface area contributed by atoms with Gasteiger partial charge in [0.1, 0.15) is 24.7 Å². The van der Waals surface area contributed by atoms with Crippen molar-refractivity contribution >= 4 is 32.8 Å². The second-order valence-corrected chi connectivity index (χ2v) is 11.8. The van der Waals surface area contributed by atoms with E-state index >= 15 is 0 Å². The first-order valence-corrected chi connectivity index (χ1v) is 15.0. The molecule has 7 atom stereocenters. The number of hydrogen-bond acceptors (Lipinski definition) is 13. The Kier molecular flexibility index (Phi) is 7.90. The Bertz CT molecular complexity index is 1710. The predicted molar refractivity (Wildman–Crippen MR) is 134 cm³/mol. The number of H-pyrrole nitrogens is 2. The summed E-state index contributed by atoms with van der Waals surface area (Å²) in [5.74, 6) is -0.207. The van der Waals surface area contributed by atoms with Crippen molar-refractivity contribution in [1.29, 1.82) is 0 Å². The third-order valence-electron chi connectivity index (χ3n) is 6.38. The Balaban J connectivity index is 1.28. The zero-order valence-corrected chi connectivity index (χ0v) is 22.8. The van der Waals surface area contributed by atoms with E-state index in [4.69, 9.17) is 28.8 Å². The molecule has 20 nitrogen and oxygen atoms in total. The zero-order valence-electron chi connectivity index (χ0n) is 21.0. The molecule has 0 spiro atoms. The molecule has 0 aliphatic carbocycles. The Morgan fingerprint density at radius 1 is 1.07 bits per heavy atom. The molecule has 2 aliphatic heterocycles. The topological polar surface area (TPSA) is 285 Å². The fourth-order valence-corrected chi connectivity index (χ4v) is 6.15. The second kappa shape index (κ2) is 11.0. The molecule has 5 rings (SSSR count). The van der Waals surface area contributed by atoms with Gasteiger partial charge in [-0.15, -0.1) is 0 Å². The number of nitrogens with two attached hydrogens (primary N) is 1. The summed E-state index contributed by atoms with van der Waals surface area (Å²) >= 11 is 0. The number of anilines is 1. The molecule has 0 bridgehead atoms. The van der Waals surface area contributed by atoms with E-state index in [0.29, 0.717) is 0 Å². The summed E-state index contributed by atoms with van der Waals surface area (Å²) < 4.78 is 53.3. The summed E-state index contributed by atoms with van der Waals surface area (Å²) in [5.41, 5.74) is 3.59. The Labute approximate surface area is 227 Å². The van der Waals surface area contributed by atoms with Gasteiger partial charge < -0.3 is 29.9 Å². The summed E-state index contributed by atoms with van der Waals surface area (Å²) in [4.78, 5) is 76.9. The van der Waals surface area contributed by atoms with Gasteiger partial charge in [0.15, 0.2) is 11.2 Å². The average molecular weight is 621 g/mol. The van der Waals surface area contributed by atoms with Crippen molar-refractivity contribution < 1.29 is 46.9 Å². The van der Waals surface area contributed by atoms with Crippen LogP contribution in [0.15, 0.2) is 33.0 Å². The molecule has 3 aromatic rings. The van der Waals surface area contributed by atoms with Crippen LogP contribution in [0.3, 0.4) is 0 Å².